The van der Waals surface area contributed by atoms with Gasteiger partial charge in [-0.2, -0.15) is 5.26 Å². The maximum Gasteiger partial charge on any atom is 0.125 e. The number of ether oxygens (including phenoxy) is 3. The lowest BCUT2D eigenvalue weighted by Gasteiger charge is -2.11. The summed E-state index contributed by atoms with van der Waals surface area (Å²) >= 11 is 0. The molecular weight excluding hydrogens is 254 g/mol. The van der Waals surface area contributed by atoms with Crippen LogP contribution in [0.1, 0.15) is 11.1 Å². The van der Waals surface area contributed by atoms with Gasteiger partial charge in [-0.25, -0.2) is 0 Å². The molecular formula is C16H15NO3. The van der Waals surface area contributed by atoms with Gasteiger partial charge >= 0.3 is 0 Å². The third kappa shape index (κ3) is 3.21. The molecule has 102 valence electrons. The minimum atomic E-state index is 0.367. The predicted octanol–water partition coefficient (Wildman–Crippen LogP) is 3.15. The minimum Gasteiger partial charge on any atom is -0.497 e. The molecule has 0 saturated carbocycles. The zero-order valence-corrected chi connectivity index (χ0v) is 11.4. The van der Waals surface area contributed by atoms with Crippen LogP contribution in [0.2, 0.25) is 0 Å². The first-order valence-electron chi connectivity index (χ1n) is 6.10. The first-order valence-corrected chi connectivity index (χ1v) is 6.10. The molecule has 0 fully saturated rings. The summed E-state index contributed by atoms with van der Waals surface area (Å²) < 4.78 is 16.2. The molecule has 0 bridgehead atoms. The van der Waals surface area contributed by atoms with Gasteiger partial charge in [0.25, 0.3) is 0 Å². The lowest BCUT2D eigenvalue weighted by Crippen LogP contribution is -1.99. The van der Waals surface area contributed by atoms with E-state index in [1.165, 1.54) is 0 Å². The molecule has 20 heavy (non-hydrogen) atoms. The van der Waals surface area contributed by atoms with Crippen molar-refractivity contribution in [1.82, 2.24) is 0 Å². The molecule has 0 atom stereocenters. The molecule has 0 radical (unpaired) electrons. The largest absolute Gasteiger partial charge is 0.497 e. The lowest BCUT2D eigenvalue weighted by atomic mass is 10.2. The summed E-state index contributed by atoms with van der Waals surface area (Å²) in [4.78, 5) is 0. The summed E-state index contributed by atoms with van der Waals surface area (Å²) in [5.41, 5.74) is 1.51. The minimum absolute atomic E-state index is 0.367. The summed E-state index contributed by atoms with van der Waals surface area (Å²) in [5.74, 6) is 2.21. The average Bonchev–Trinajstić information content (AvgIpc) is 2.53. The number of methoxy groups -OCH3 is 2. The van der Waals surface area contributed by atoms with Crippen molar-refractivity contribution in [2.75, 3.05) is 14.2 Å². The first kappa shape index (κ1) is 13.8. The Labute approximate surface area is 118 Å². The van der Waals surface area contributed by atoms with Crippen molar-refractivity contribution in [3.8, 4) is 23.3 Å². The maximum atomic E-state index is 8.74. The van der Waals surface area contributed by atoms with Crippen LogP contribution in [0.5, 0.6) is 17.2 Å². The average molecular weight is 269 g/mol. The monoisotopic (exact) mass is 269 g/mol. The van der Waals surface area contributed by atoms with E-state index >= 15 is 0 Å². The molecule has 0 aliphatic carbocycles. The van der Waals surface area contributed by atoms with Gasteiger partial charge in [-0.05, 0) is 42.5 Å². The summed E-state index contributed by atoms with van der Waals surface area (Å²) in [6.45, 7) is 0.367. The molecule has 0 aliphatic rings. The number of rotatable bonds is 5. The fourth-order valence-electron chi connectivity index (χ4n) is 1.78. The van der Waals surface area contributed by atoms with Crippen LogP contribution < -0.4 is 14.2 Å². The van der Waals surface area contributed by atoms with Crippen molar-refractivity contribution in [3.63, 3.8) is 0 Å². The number of nitrogens with zero attached hydrogens (tertiary/aromatic N) is 1. The van der Waals surface area contributed by atoms with E-state index in [0.717, 1.165) is 17.1 Å². The third-order valence-corrected chi connectivity index (χ3v) is 2.87. The highest BCUT2D eigenvalue weighted by molar-refractivity contribution is 5.40. The van der Waals surface area contributed by atoms with Gasteiger partial charge in [-0.15, -0.1) is 0 Å². The highest BCUT2D eigenvalue weighted by Gasteiger charge is 2.06. The SMILES string of the molecule is COc1ccc(OC)c(COc2ccc(C#N)cc2)c1. The summed E-state index contributed by atoms with van der Waals surface area (Å²) in [5, 5.41) is 8.74. The second kappa shape index (κ2) is 6.48. The second-order valence-corrected chi connectivity index (χ2v) is 4.10. The van der Waals surface area contributed by atoms with Crippen LogP contribution in [0.4, 0.5) is 0 Å². The van der Waals surface area contributed by atoms with E-state index in [-0.39, 0.29) is 0 Å². The van der Waals surface area contributed by atoms with E-state index in [0.29, 0.717) is 17.9 Å². The van der Waals surface area contributed by atoms with Crippen molar-refractivity contribution in [2.24, 2.45) is 0 Å². The molecule has 0 saturated heterocycles. The van der Waals surface area contributed by atoms with Crippen molar-refractivity contribution >= 4 is 0 Å². The van der Waals surface area contributed by atoms with Gasteiger partial charge in [-0.1, -0.05) is 0 Å². The highest BCUT2D eigenvalue weighted by atomic mass is 16.5. The van der Waals surface area contributed by atoms with Crippen LogP contribution >= 0.6 is 0 Å². The fourth-order valence-corrected chi connectivity index (χ4v) is 1.78. The summed E-state index contributed by atoms with van der Waals surface area (Å²) in [6.07, 6.45) is 0. The smallest absolute Gasteiger partial charge is 0.125 e. The summed E-state index contributed by atoms with van der Waals surface area (Å²) in [7, 11) is 3.24. The Kier molecular flexibility index (Phi) is 4.46. The molecule has 0 aliphatic heterocycles. The molecule has 0 heterocycles. The van der Waals surface area contributed by atoms with Gasteiger partial charge in [0.05, 0.1) is 25.9 Å². The van der Waals surface area contributed by atoms with E-state index in [4.69, 9.17) is 19.5 Å². The standard InChI is InChI=1S/C16H15NO3/c1-18-15-7-8-16(19-2)13(9-15)11-20-14-5-3-12(10-17)4-6-14/h3-9H,11H2,1-2H3. The topological polar surface area (TPSA) is 51.5 Å². The van der Waals surface area contributed by atoms with E-state index < -0.39 is 0 Å². The van der Waals surface area contributed by atoms with E-state index in [9.17, 15) is 0 Å². The van der Waals surface area contributed by atoms with Crippen LogP contribution in [0.15, 0.2) is 42.5 Å². The third-order valence-electron chi connectivity index (χ3n) is 2.87. The van der Waals surface area contributed by atoms with Gasteiger partial charge in [-0.3, -0.25) is 0 Å². The first-order chi connectivity index (χ1) is 9.76. The number of hydrogen-bond donors (Lipinski definition) is 0. The van der Waals surface area contributed by atoms with Crippen molar-refractivity contribution < 1.29 is 14.2 Å². The molecule has 0 N–H and O–H groups in total. The Hall–Kier alpha value is -2.67. The van der Waals surface area contributed by atoms with Crippen molar-refractivity contribution in [2.45, 2.75) is 6.61 Å². The van der Waals surface area contributed by atoms with Crippen LogP contribution in [-0.2, 0) is 6.61 Å². The van der Waals surface area contributed by atoms with E-state index in [1.807, 2.05) is 18.2 Å². The Morgan fingerprint density at radius 1 is 0.950 bits per heavy atom. The zero-order chi connectivity index (χ0) is 14.4. The summed E-state index contributed by atoms with van der Waals surface area (Å²) in [6, 6.07) is 14.6. The fraction of sp³-hybridized carbons (Fsp3) is 0.188. The zero-order valence-electron chi connectivity index (χ0n) is 11.4. The number of hydrogen-bond acceptors (Lipinski definition) is 4. The molecule has 4 heteroatoms. The molecule has 4 nitrogen and oxygen atoms in total. The maximum absolute atomic E-state index is 8.74. The normalized spacial score (nSPS) is 9.65. The van der Waals surface area contributed by atoms with Gasteiger partial charge < -0.3 is 14.2 Å². The van der Waals surface area contributed by atoms with Gasteiger partial charge in [0, 0.05) is 5.56 Å². The van der Waals surface area contributed by atoms with E-state index in [2.05, 4.69) is 6.07 Å². The number of nitriles is 1. The molecule has 2 rings (SSSR count). The molecule has 0 aromatic heterocycles. The molecule has 2 aromatic carbocycles. The number of benzene rings is 2. The van der Waals surface area contributed by atoms with Crippen molar-refractivity contribution in [3.05, 3.63) is 53.6 Å². The quantitative estimate of drug-likeness (QED) is 0.836. The molecule has 0 unspecified atom stereocenters. The Bertz CT molecular complexity index is 615. The Morgan fingerprint density at radius 3 is 2.25 bits per heavy atom. The van der Waals surface area contributed by atoms with Crippen molar-refractivity contribution in [1.29, 1.82) is 5.26 Å². The molecule has 2 aromatic rings. The van der Waals surface area contributed by atoms with Gasteiger partial charge in [0.15, 0.2) is 0 Å². The molecule has 0 amide bonds. The highest BCUT2D eigenvalue weighted by Crippen LogP contribution is 2.25. The van der Waals surface area contributed by atoms with Crippen LogP contribution in [0.3, 0.4) is 0 Å². The lowest BCUT2D eigenvalue weighted by molar-refractivity contribution is 0.295. The van der Waals surface area contributed by atoms with Crippen LogP contribution in [0.25, 0.3) is 0 Å². The Morgan fingerprint density at radius 2 is 1.65 bits per heavy atom. The predicted molar refractivity (Wildman–Crippen MR) is 75.0 cm³/mol. The van der Waals surface area contributed by atoms with Crippen LogP contribution in [-0.4, -0.2) is 14.2 Å². The van der Waals surface area contributed by atoms with E-state index in [1.54, 1.807) is 38.5 Å². The molecule has 0 spiro atoms. The van der Waals surface area contributed by atoms with Crippen LogP contribution in [0, 0.1) is 11.3 Å². The van der Waals surface area contributed by atoms with Gasteiger partial charge in [0.2, 0.25) is 0 Å². The Balaban J connectivity index is 2.11. The second-order valence-electron chi connectivity index (χ2n) is 4.10. The van der Waals surface area contributed by atoms with Gasteiger partial charge in [0.1, 0.15) is 23.9 Å².